The first-order chi connectivity index (χ1) is 12.7. The van der Waals surface area contributed by atoms with Crippen molar-refractivity contribution in [1.29, 1.82) is 0 Å². The molecule has 26 heavy (non-hydrogen) atoms. The summed E-state index contributed by atoms with van der Waals surface area (Å²) in [6, 6.07) is 10.7. The molecule has 140 valence electrons. The molecule has 4 heteroatoms. The second-order valence-corrected chi connectivity index (χ2v) is 8.69. The summed E-state index contributed by atoms with van der Waals surface area (Å²) in [5, 5.41) is 0. The maximum atomic E-state index is 13.0. The van der Waals surface area contributed by atoms with Crippen molar-refractivity contribution in [2.75, 3.05) is 19.8 Å². The molecule has 1 N–H and O–H groups in total. The van der Waals surface area contributed by atoms with E-state index in [-0.39, 0.29) is 17.2 Å². The highest BCUT2D eigenvalue weighted by Gasteiger charge is 2.52. The van der Waals surface area contributed by atoms with Crippen LogP contribution in [-0.2, 0) is 16.0 Å². The molecule has 3 aliphatic rings. The van der Waals surface area contributed by atoms with Gasteiger partial charge in [-0.25, -0.2) is 4.90 Å². The number of nitrogens with zero attached hydrogens (tertiary/aromatic N) is 1. The minimum absolute atomic E-state index is 0.0795. The lowest BCUT2D eigenvalue weighted by Gasteiger charge is -2.33. The van der Waals surface area contributed by atoms with E-state index in [2.05, 4.69) is 30.3 Å². The van der Waals surface area contributed by atoms with Gasteiger partial charge in [-0.05, 0) is 43.6 Å². The summed E-state index contributed by atoms with van der Waals surface area (Å²) >= 11 is 0. The van der Waals surface area contributed by atoms with Crippen molar-refractivity contribution in [3.63, 3.8) is 0 Å². The number of imide groups is 1. The monoisotopic (exact) mass is 355 g/mol. The zero-order valence-corrected chi connectivity index (χ0v) is 15.7. The van der Waals surface area contributed by atoms with Gasteiger partial charge in [0.05, 0.1) is 18.5 Å². The van der Waals surface area contributed by atoms with Crippen molar-refractivity contribution in [2.45, 2.75) is 57.8 Å². The van der Waals surface area contributed by atoms with Crippen molar-refractivity contribution in [3.05, 3.63) is 35.9 Å². The molecule has 0 aromatic heterocycles. The van der Waals surface area contributed by atoms with Crippen LogP contribution in [-0.4, -0.2) is 36.5 Å². The molecular formula is C22H31N2O2+. The van der Waals surface area contributed by atoms with Crippen LogP contribution in [0.1, 0.15) is 56.9 Å². The average molecular weight is 356 g/mol. The third-order valence-corrected chi connectivity index (χ3v) is 6.86. The van der Waals surface area contributed by atoms with Crippen LogP contribution < -0.4 is 4.90 Å². The molecule has 2 aliphatic heterocycles. The molecule has 1 saturated carbocycles. The maximum absolute atomic E-state index is 13.0. The molecule has 1 aliphatic carbocycles. The summed E-state index contributed by atoms with van der Waals surface area (Å²) in [6.45, 7) is 2.74. The summed E-state index contributed by atoms with van der Waals surface area (Å²) < 4.78 is 0. The maximum Gasteiger partial charge on any atom is 0.240 e. The second-order valence-electron chi connectivity index (χ2n) is 8.69. The minimum atomic E-state index is -0.333. The van der Waals surface area contributed by atoms with Crippen molar-refractivity contribution < 1.29 is 14.5 Å². The predicted octanol–water partition coefficient (Wildman–Crippen LogP) is 2.19. The van der Waals surface area contributed by atoms with Gasteiger partial charge in [0.2, 0.25) is 11.8 Å². The van der Waals surface area contributed by atoms with Crippen molar-refractivity contribution in [1.82, 2.24) is 4.90 Å². The van der Waals surface area contributed by atoms with Gasteiger partial charge in [-0.2, -0.15) is 0 Å². The Labute approximate surface area is 156 Å². The van der Waals surface area contributed by atoms with Crippen LogP contribution in [0.2, 0.25) is 0 Å². The lowest BCUT2D eigenvalue weighted by atomic mass is 9.73. The smallest absolute Gasteiger partial charge is 0.240 e. The Bertz CT molecular complexity index is 643. The summed E-state index contributed by atoms with van der Waals surface area (Å²) in [5.74, 6) is 0.952. The molecule has 0 radical (unpaired) electrons. The number of hydrogen-bond acceptors (Lipinski definition) is 2. The van der Waals surface area contributed by atoms with E-state index in [0.29, 0.717) is 13.1 Å². The van der Waals surface area contributed by atoms with E-state index in [0.717, 1.165) is 51.1 Å². The fourth-order valence-electron chi connectivity index (χ4n) is 5.26. The van der Waals surface area contributed by atoms with Gasteiger partial charge >= 0.3 is 0 Å². The summed E-state index contributed by atoms with van der Waals surface area (Å²) in [7, 11) is 0. The SMILES string of the molecule is O=C1CC2(CCCCC2)C(=O)N1C[NH+]1CCC(Cc2ccccc2)CC1. The normalized spacial score (nSPS) is 28.7. The predicted molar refractivity (Wildman–Crippen MR) is 100 cm³/mol. The van der Waals surface area contributed by atoms with Gasteiger partial charge in [0.1, 0.15) is 0 Å². The Hall–Kier alpha value is -1.68. The number of rotatable bonds is 4. The van der Waals surface area contributed by atoms with Gasteiger partial charge in [-0.3, -0.25) is 9.59 Å². The lowest BCUT2D eigenvalue weighted by molar-refractivity contribution is -0.913. The average Bonchev–Trinajstić information content (AvgIpc) is 2.89. The van der Waals surface area contributed by atoms with Crippen LogP contribution in [0.25, 0.3) is 0 Å². The molecule has 2 amide bonds. The number of nitrogens with one attached hydrogen (secondary N) is 1. The van der Waals surface area contributed by atoms with Crippen molar-refractivity contribution >= 4 is 11.8 Å². The van der Waals surface area contributed by atoms with Gasteiger partial charge in [-0.15, -0.1) is 0 Å². The molecule has 1 aromatic rings. The number of likely N-dealkylation sites (tertiary alicyclic amines) is 2. The summed E-state index contributed by atoms with van der Waals surface area (Å²) in [6.07, 6.45) is 9.25. The molecule has 0 atom stereocenters. The topological polar surface area (TPSA) is 41.8 Å². The van der Waals surface area contributed by atoms with Gasteiger partial charge in [0.15, 0.2) is 6.67 Å². The Kier molecular flexibility index (Phi) is 5.12. The van der Waals surface area contributed by atoms with Gasteiger partial charge < -0.3 is 4.90 Å². The first-order valence-electron chi connectivity index (χ1n) is 10.4. The van der Waals surface area contributed by atoms with E-state index in [4.69, 9.17) is 0 Å². The van der Waals surface area contributed by atoms with Crippen LogP contribution >= 0.6 is 0 Å². The summed E-state index contributed by atoms with van der Waals surface area (Å²) in [4.78, 5) is 28.5. The zero-order chi connectivity index (χ0) is 18.0. The number of benzene rings is 1. The first kappa shape index (κ1) is 17.7. The third-order valence-electron chi connectivity index (χ3n) is 6.86. The van der Waals surface area contributed by atoms with Gasteiger partial charge in [-0.1, -0.05) is 49.6 Å². The number of hydrogen-bond donors (Lipinski definition) is 1. The van der Waals surface area contributed by atoms with Crippen molar-refractivity contribution in [3.8, 4) is 0 Å². The molecule has 0 bridgehead atoms. The number of amides is 2. The molecule has 0 unspecified atom stereocenters. The fourth-order valence-corrected chi connectivity index (χ4v) is 5.26. The lowest BCUT2D eigenvalue weighted by Crippen LogP contribution is -3.14. The molecule has 3 fully saturated rings. The third kappa shape index (κ3) is 3.57. The van der Waals surface area contributed by atoms with E-state index in [9.17, 15) is 9.59 Å². The highest BCUT2D eigenvalue weighted by molar-refractivity contribution is 6.05. The second kappa shape index (κ2) is 7.51. The highest BCUT2D eigenvalue weighted by Crippen LogP contribution is 2.44. The van der Waals surface area contributed by atoms with E-state index in [1.165, 1.54) is 29.7 Å². The number of carbonyl (C=O) groups is 2. The molecule has 1 aromatic carbocycles. The molecule has 2 saturated heterocycles. The highest BCUT2D eigenvalue weighted by atomic mass is 16.2. The van der Waals surface area contributed by atoms with Crippen LogP contribution in [0.15, 0.2) is 30.3 Å². The summed E-state index contributed by atoms with van der Waals surface area (Å²) in [5.41, 5.74) is 1.09. The molecule has 4 rings (SSSR count). The Balaban J connectivity index is 1.30. The molecule has 1 spiro atoms. The zero-order valence-electron chi connectivity index (χ0n) is 15.7. The quantitative estimate of drug-likeness (QED) is 0.842. The molecule has 4 nitrogen and oxygen atoms in total. The standard InChI is InChI=1S/C22H30N2O2/c25-20-16-22(11-5-2-6-12-22)21(26)24(20)17-23-13-9-19(10-14-23)15-18-7-3-1-4-8-18/h1,3-4,7-8,19H,2,5-6,9-17H2/p+1. The van der Waals surface area contributed by atoms with Gasteiger partial charge in [0.25, 0.3) is 0 Å². The van der Waals surface area contributed by atoms with Crippen LogP contribution in [0.4, 0.5) is 0 Å². The largest absolute Gasteiger partial charge is 0.317 e. The van der Waals surface area contributed by atoms with Crippen LogP contribution in [0, 0.1) is 11.3 Å². The Morgan fingerprint density at radius 2 is 1.69 bits per heavy atom. The number of piperidine rings is 1. The Morgan fingerprint density at radius 1 is 1.00 bits per heavy atom. The van der Waals surface area contributed by atoms with E-state index in [1.807, 2.05) is 0 Å². The number of quaternary nitrogens is 1. The number of carbonyl (C=O) groups excluding carboxylic acids is 2. The first-order valence-corrected chi connectivity index (χ1v) is 10.4. The van der Waals surface area contributed by atoms with E-state index in [1.54, 1.807) is 4.90 Å². The Morgan fingerprint density at radius 3 is 2.38 bits per heavy atom. The fraction of sp³-hybridized carbons (Fsp3) is 0.636. The van der Waals surface area contributed by atoms with E-state index >= 15 is 0 Å². The van der Waals surface area contributed by atoms with Crippen LogP contribution in [0.3, 0.4) is 0 Å². The van der Waals surface area contributed by atoms with Crippen molar-refractivity contribution in [2.24, 2.45) is 11.3 Å². The molecule has 2 heterocycles. The van der Waals surface area contributed by atoms with Crippen LogP contribution in [0.5, 0.6) is 0 Å². The van der Waals surface area contributed by atoms with E-state index < -0.39 is 0 Å². The van der Waals surface area contributed by atoms with Gasteiger partial charge in [0, 0.05) is 6.42 Å². The molecular weight excluding hydrogens is 324 g/mol. The minimum Gasteiger partial charge on any atom is -0.317 e.